The van der Waals surface area contributed by atoms with E-state index in [0.717, 1.165) is 29.5 Å². The molecule has 0 aliphatic heterocycles. The molecule has 3 heteroatoms. The summed E-state index contributed by atoms with van der Waals surface area (Å²) in [6.45, 7) is 0. The van der Waals surface area contributed by atoms with Crippen molar-refractivity contribution in [1.82, 2.24) is 0 Å². The number of carboxylic acids is 1. The molecule has 2 aromatic rings. The SMILES string of the molecule is NC(C(=O)O)C1(c2ccc(-c3ccccc3)cc2)CC1. The molecule has 3 N–H and O–H groups in total. The Bertz CT molecular complexity index is 615. The number of hydrogen-bond donors (Lipinski definition) is 2. The maximum Gasteiger partial charge on any atom is 0.321 e. The van der Waals surface area contributed by atoms with Crippen molar-refractivity contribution in [3.8, 4) is 11.1 Å². The molecule has 0 aromatic heterocycles. The minimum Gasteiger partial charge on any atom is -0.480 e. The number of carboxylic acid groups (broad SMARTS) is 1. The first-order chi connectivity index (χ1) is 9.63. The lowest BCUT2D eigenvalue weighted by molar-refractivity contribution is -0.139. The van der Waals surface area contributed by atoms with Crippen LogP contribution in [0.5, 0.6) is 0 Å². The molecule has 0 spiro atoms. The van der Waals surface area contributed by atoms with E-state index < -0.39 is 12.0 Å². The normalized spacial score (nSPS) is 17.4. The number of nitrogens with two attached hydrogens (primary N) is 1. The zero-order chi connectivity index (χ0) is 14.2. The Balaban J connectivity index is 1.89. The number of carbonyl (C=O) groups is 1. The Labute approximate surface area is 118 Å². The Morgan fingerprint density at radius 2 is 1.55 bits per heavy atom. The highest BCUT2D eigenvalue weighted by Crippen LogP contribution is 2.50. The van der Waals surface area contributed by atoms with Crippen molar-refractivity contribution in [3.05, 3.63) is 60.2 Å². The van der Waals surface area contributed by atoms with Gasteiger partial charge in [0.1, 0.15) is 6.04 Å². The quantitative estimate of drug-likeness (QED) is 0.895. The van der Waals surface area contributed by atoms with E-state index in [1.54, 1.807) is 0 Å². The highest BCUT2D eigenvalue weighted by Gasteiger charge is 2.52. The molecule has 102 valence electrons. The van der Waals surface area contributed by atoms with Crippen LogP contribution in [0.2, 0.25) is 0 Å². The van der Waals surface area contributed by atoms with Crippen molar-refractivity contribution in [2.45, 2.75) is 24.3 Å². The van der Waals surface area contributed by atoms with Crippen LogP contribution in [0.4, 0.5) is 0 Å². The summed E-state index contributed by atoms with van der Waals surface area (Å²) in [5.41, 5.74) is 8.80. The van der Waals surface area contributed by atoms with E-state index in [0.29, 0.717) is 0 Å². The maximum atomic E-state index is 11.1. The van der Waals surface area contributed by atoms with Crippen LogP contribution in [0, 0.1) is 0 Å². The second-order valence-electron chi connectivity index (χ2n) is 5.42. The minimum atomic E-state index is -0.922. The molecule has 3 nitrogen and oxygen atoms in total. The molecule has 1 atom stereocenters. The van der Waals surface area contributed by atoms with Gasteiger partial charge in [0.15, 0.2) is 0 Å². The molecule has 0 bridgehead atoms. The highest BCUT2D eigenvalue weighted by molar-refractivity contribution is 5.77. The standard InChI is InChI=1S/C17H17NO2/c18-15(16(19)20)17(10-11-17)14-8-6-13(7-9-14)12-4-2-1-3-5-12/h1-9,15H,10-11,18H2,(H,19,20). The number of benzene rings is 2. The van der Waals surface area contributed by atoms with E-state index in [1.165, 1.54) is 0 Å². The van der Waals surface area contributed by atoms with Crippen molar-refractivity contribution in [2.24, 2.45) is 5.73 Å². The van der Waals surface area contributed by atoms with Gasteiger partial charge in [0.2, 0.25) is 0 Å². The van der Waals surface area contributed by atoms with Crippen LogP contribution in [0.25, 0.3) is 11.1 Å². The summed E-state index contributed by atoms with van der Waals surface area (Å²) in [4.78, 5) is 11.1. The minimum absolute atomic E-state index is 0.360. The first kappa shape index (κ1) is 12.9. The summed E-state index contributed by atoms with van der Waals surface area (Å²) in [6, 6.07) is 17.4. The molecule has 20 heavy (non-hydrogen) atoms. The smallest absolute Gasteiger partial charge is 0.321 e. The zero-order valence-corrected chi connectivity index (χ0v) is 11.1. The highest BCUT2D eigenvalue weighted by atomic mass is 16.4. The third-order valence-corrected chi connectivity index (χ3v) is 4.22. The van der Waals surface area contributed by atoms with Gasteiger partial charge in [-0.15, -0.1) is 0 Å². The van der Waals surface area contributed by atoms with Crippen molar-refractivity contribution < 1.29 is 9.90 Å². The fourth-order valence-corrected chi connectivity index (χ4v) is 2.78. The van der Waals surface area contributed by atoms with Gasteiger partial charge in [-0.25, -0.2) is 0 Å². The molecular weight excluding hydrogens is 250 g/mol. The van der Waals surface area contributed by atoms with E-state index in [9.17, 15) is 4.79 Å². The van der Waals surface area contributed by atoms with Crippen LogP contribution in [0.3, 0.4) is 0 Å². The average molecular weight is 267 g/mol. The Hall–Kier alpha value is -2.13. The maximum absolute atomic E-state index is 11.1. The molecule has 1 aliphatic rings. The monoisotopic (exact) mass is 267 g/mol. The lowest BCUT2D eigenvalue weighted by Gasteiger charge is -2.20. The third kappa shape index (κ3) is 2.10. The van der Waals surface area contributed by atoms with Crippen molar-refractivity contribution in [3.63, 3.8) is 0 Å². The predicted octanol–water partition coefficient (Wildman–Crippen LogP) is 2.80. The van der Waals surface area contributed by atoms with Gasteiger partial charge < -0.3 is 10.8 Å². The molecule has 3 rings (SSSR count). The predicted molar refractivity (Wildman–Crippen MR) is 78.4 cm³/mol. The van der Waals surface area contributed by atoms with Crippen molar-refractivity contribution in [2.75, 3.05) is 0 Å². The zero-order valence-electron chi connectivity index (χ0n) is 11.1. The van der Waals surface area contributed by atoms with Gasteiger partial charge in [0, 0.05) is 5.41 Å². The van der Waals surface area contributed by atoms with Crippen LogP contribution in [0.15, 0.2) is 54.6 Å². The van der Waals surface area contributed by atoms with Gasteiger partial charge in [-0.05, 0) is 29.5 Å². The lowest BCUT2D eigenvalue weighted by Crippen LogP contribution is -2.41. The fourth-order valence-electron chi connectivity index (χ4n) is 2.78. The average Bonchev–Trinajstić information content (AvgIpc) is 3.29. The first-order valence-corrected chi connectivity index (χ1v) is 6.78. The van der Waals surface area contributed by atoms with Crippen molar-refractivity contribution >= 4 is 5.97 Å². The second-order valence-corrected chi connectivity index (χ2v) is 5.42. The van der Waals surface area contributed by atoms with E-state index in [2.05, 4.69) is 12.1 Å². The van der Waals surface area contributed by atoms with Gasteiger partial charge in [-0.2, -0.15) is 0 Å². The Morgan fingerprint density at radius 1 is 1.00 bits per heavy atom. The summed E-state index contributed by atoms with van der Waals surface area (Å²) in [7, 11) is 0. The van der Waals surface area contributed by atoms with Gasteiger partial charge in [0.05, 0.1) is 0 Å². The summed E-state index contributed by atoms with van der Waals surface area (Å²) in [6.07, 6.45) is 1.70. The van der Waals surface area contributed by atoms with E-state index in [4.69, 9.17) is 10.8 Å². The number of hydrogen-bond acceptors (Lipinski definition) is 2. The van der Waals surface area contributed by atoms with Crippen LogP contribution in [-0.4, -0.2) is 17.1 Å². The van der Waals surface area contributed by atoms with Crippen LogP contribution in [-0.2, 0) is 10.2 Å². The van der Waals surface area contributed by atoms with Crippen molar-refractivity contribution in [1.29, 1.82) is 0 Å². The fraction of sp³-hybridized carbons (Fsp3) is 0.235. The Morgan fingerprint density at radius 3 is 2.05 bits per heavy atom. The molecule has 1 aliphatic carbocycles. The molecule has 1 fully saturated rings. The molecule has 0 saturated heterocycles. The topological polar surface area (TPSA) is 63.3 Å². The largest absolute Gasteiger partial charge is 0.480 e. The van der Waals surface area contributed by atoms with Gasteiger partial charge in [-0.1, -0.05) is 54.6 Å². The molecule has 2 aromatic carbocycles. The first-order valence-electron chi connectivity index (χ1n) is 6.78. The van der Waals surface area contributed by atoms with Gasteiger partial charge in [-0.3, -0.25) is 4.79 Å². The summed E-state index contributed by atoms with van der Waals surface area (Å²) in [5, 5.41) is 9.13. The summed E-state index contributed by atoms with van der Waals surface area (Å²) < 4.78 is 0. The molecule has 0 heterocycles. The Kier molecular flexibility index (Phi) is 3.07. The molecule has 1 saturated carbocycles. The van der Waals surface area contributed by atoms with E-state index in [-0.39, 0.29) is 5.41 Å². The molecule has 0 amide bonds. The van der Waals surface area contributed by atoms with Crippen LogP contribution < -0.4 is 5.73 Å². The summed E-state index contributed by atoms with van der Waals surface area (Å²) >= 11 is 0. The van der Waals surface area contributed by atoms with Crippen LogP contribution >= 0.6 is 0 Å². The lowest BCUT2D eigenvalue weighted by atomic mass is 9.87. The second kappa shape index (κ2) is 4.76. The van der Waals surface area contributed by atoms with Crippen LogP contribution in [0.1, 0.15) is 18.4 Å². The number of aliphatic carboxylic acids is 1. The van der Waals surface area contributed by atoms with E-state index >= 15 is 0 Å². The van der Waals surface area contributed by atoms with Gasteiger partial charge >= 0.3 is 5.97 Å². The third-order valence-electron chi connectivity index (χ3n) is 4.22. The molecule has 1 unspecified atom stereocenters. The summed E-state index contributed by atoms with van der Waals surface area (Å²) in [5.74, 6) is -0.922. The van der Waals surface area contributed by atoms with E-state index in [1.807, 2.05) is 42.5 Å². The molecule has 0 radical (unpaired) electrons. The van der Waals surface area contributed by atoms with Gasteiger partial charge in [0.25, 0.3) is 0 Å². The number of rotatable bonds is 4. The molecular formula is C17H17NO2.